The van der Waals surface area contributed by atoms with Crippen LogP contribution in [0.5, 0.6) is 0 Å². The summed E-state index contributed by atoms with van der Waals surface area (Å²) in [5, 5.41) is 6.10. The molecule has 16 heavy (non-hydrogen) atoms. The third-order valence-electron chi connectivity index (χ3n) is 3.22. The molecule has 1 amide bonds. The molecule has 1 heterocycles. The molecule has 2 N–H and O–H groups in total. The Balaban J connectivity index is 1.47. The minimum Gasteiger partial charge on any atom is -0.377 e. The summed E-state index contributed by atoms with van der Waals surface area (Å²) in [4.78, 5) is 11.4. The molecule has 0 bridgehead atoms. The van der Waals surface area contributed by atoms with Gasteiger partial charge in [0.2, 0.25) is 5.91 Å². The zero-order valence-corrected chi connectivity index (χ0v) is 9.84. The van der Waals surface area contributed by atoms with Crippen LogP contribution >= 0.6 is 0 Å². The van der Waals surface area contributed by atoms with Crippen LogP contribution in [0, 0.1) is 5.92 Å². The van der Waals surface area contributed by atoms with Gasteiger partial charge in [-0.3, -0.25) is 4.79 Å². The SMILES string of the molecule is O=C(CNCC1CCCCO1)NCC1CC1. The highest BCUT2D eigenvalue weighted by Crippen LogP contribution is 2.27. The maximum atomic E-state index is 11.4. The lowest BCUT2D eigenvalue weighted by Crippen LogP contribution is -2.39. The Bertz CT molecular complexity index is 223. The van der Waals surface area contributed by atoms with Crippen molar-refractivity contribution in [1.82, 2.24) is 10.6 Å². The fourth-order valence-corrected chi connectivity index (χ4v) is 1.96. The Kier molecular flexibility index (Phi) is 4.60. The lowest BCUT2D eigenvalue weighted by Gasteiger charge is -2.22. The van der Waals surface area contributed by atoms with Crippen molar-refractivity contribution >= 4 is 5.91 Å². The molecule has 0 aromatic heterocycles. The van der Waals surface area contributed by atoms with Crippen LogP contribution < -0.4 is 10.6 Å². The van der Waals surface area contributed by atoms with Crippen LogP contribution in [0.15, 0.2) is 0 Å². The van der Waals surface area contributed by atoms with Gasteiger partial charge in [0.15, 0.2) is 0 Å². The summed E-state index contributed by atoms with van der Waals surface area (Å²) < 4.78 is 5.57. The van der Waals surface area contributed by atoms with Crippen LogP contribution in [0.4, 0.5) is 0 Å². The number of rotatable bonds is 6. The highest BCUT2D eigenvalue weighted by atomic mass is 16.5. The number of hydrogen-bond acceptors (Lipinski definition) is 3. The number of nitrogens with one attached hydrogen (secondary N) is 2. The maximum Gasteiger partial charge on any atom is 0.233 e. The summed E-state index contributed by atoms with van der Waals surface area (Å²) in [5.74, 6) is 0.869. The van der Waals surface area contributed by atoms with Gasteiger partial charge in [-0.25, -0.2) is 0 Å². The predicted octanol–water partition coefficient (Wildman–Crippen LogP) is 0.671. The quantitative estimate of drug-likeness (QED) is 0.700. The summed E-state index contributed by atoms with van der Waals surface area (Å²) >= 11 is 0. The molecule has 2 aliphatic rings. The molecular weight excluding hydrogens is 204 g/mol. The van der Waals surface area contributed by atoms with Gasteiger partial charge in [-0.1, -0.05) is 0 Å². The summed E-state index contributed by atoms with van der Waals surface area (Å²) in [6.45, 7) is 2.96. The molecule has 0 radical (unpaired) electrons. The molecule has 4 nitrogen and oxygen atoms in total. The van der Waals surface area contributed by atoms with Crippen LogP contribution in [0.3, 0.4) is 0 Å². The van der Waals surface area contributed by atoms with E-state index < -0.39 is 0 Å². The summed E-state index contributed by atoms with van der Waals surface area (Å²) in [7, 11) is 0. The monoisotopic (exact) mass is 226 g/mol. The Labute approximate surface area is 97.1 Å². The minimum atomic E-state index is 0.114. The van der Waals surface area contributed by atoms with E-state index in [0.717, 1.165) is 32.0 Å². The molecule has 0 spiro atoms. The average molecular weight is 226 g/mol. The van der Waals surface area contributed by atoms with Gasteiger partial charge in [0, 0.05) is 19.7 Å². The smallest absolute Gasteiger partial charge is 0.233 e. The Morgan fingerprint density at radius 3 is 2.75 bits per heavy atom. The van der Waals surface area contributed by atoms with Crippen LogP contribution in [-0.2, 0) is 9.53 Å². The van der Waals surface area contributed by atoms with Crippen molar-refractivity contribution in [3.8, 4) is 0 Å². The number of amides is 1. The Hall–Kier alpha value is -0.610. The molecule has 4 heteroatoms. The van der Waals surface area contributed by atoms with Crippen molar-refractivity contribution in [3.63, 3.8) is 0 Å². The normalized spacial score (nSPS) is 25.4. The summed E-state index contributed by atoms with van der Waals surface area (Å²) in [6.07, 6.45) is 6.42. The van der Waals surface area contributed by atoms with E-state index in [1.807, 2.05) is 0 Å². The van der Waals surface area contributed by atoms with Gasteiger partial charge in [-0.05, 0) is 38.0 Å². The first kappa shape index (κ1) is 11.9. The molecular formula is C12H22N2O2. The van der Waals surface area contributed by atoms with Crippen molar-refractivity contribution < 1.29 is 9.53 Å². The van der Waals surface area contributed by atoms with Crippen molar-refractivity contribution in [1.29, 1.82) is 0 Å². The largest absolute Gasteiger partial charge is 0.377 e. The molecule has 0 aromatic carbocycles. The first-order valence-corrected chi connectivity index (χ1v) is 6.43. The highest BCUT2D eigenvalue weighted by molar-refractivity contribution is 5.77. The summed E-state index contributed by atoms with van der Waals surface area (Å²) in [5.41, 5.74) is 0. The lowest BCUT2D eigenvalue weighted by atomic mass is 10.1. The third kappa shape index (κ3) is 4.49. The molecule has 2 fully saturated rings. The van der Waals surface area contributed by atoms with Crippen LogP contribution in [-0.4, -0.2) is 38.3 Å². The fourth-order valence-electron chi connectivity index (χ4n) is 1.96. The Morgan fingerprint density at radius 1 is 1.19 bits per heavy atom. The third-order valence-corrected chi connectivity index (χ3v) is 3.22. The van der Waals surface area contributed by atoms with E-state index >= 15 is 0 Å². The number of carbonyl (C=O) groups excluding carboxylic acids is 1. The molecule has 1 aliphatic heterocycles. The number of hydrogen-bond donors (Lipinski definition) is 2. The topological polar surface area (TPSA) is 50.4 Å². The second-order valence-electron chi connectivity index (χ2n) is 4.87. The predicted molar refractivity (Wildman–Crippen MR) is 62.2 cm³/mol. The van der Waals surface area contributed by atoms with Crippen molar-refractivity contribution in [2.45, 2.75) is 38.2 Å². The van der Waals surface area contributed by atoms with E-state index in [-0.39, 0.29) is 5.91 Å². The van der Waals surface area contributed by atoms with E-state index in [4.69, 9.17) is 4.74 Å². The molecule has 1 saturated carbocycles. The van der Waals surface area contributed by atoms with Crippen molar-refractivity contribution in [2.24, 2.45) is 5.92 Å². The maximum absolute atomic E-state index is 11.4. The molecule has 92 valence electrons. The lowest BCUT2D eigenvalue weighted by molar-refractivity contribution is -0.120. The van der Waals surface area contributed by atoms with E-state index in [1.54, 1.807) is 0 Å². The number of ether oxygens (including phenoxy) is 1. The van der Waals surface area contributed by atoms with Crippen molar-refractivity contribution in [3.05, 3.63) is 0 Å². The standard InChI is InChI=1S/C12H22N2O2/c15-12(14-7-10-4-5-10)9-13-8-11-3-1-2-6-16-11/h10-11,13H,1-9H2,(H,14,15). The molecule has 0 aromatic rings. The first-order chi connectivity index (χ1) is 7.84. The average Bonchev–Trinajstić information content (AvgIpc) is 3.12. The van der Waals surface area contributed by atoms with E-state index in [1.165, 1.54) is 25.7 Å². The van der Waals surface area contributed by atoms with Gasteiger partial charge in [0.05, 0.1) is 12.6 Å². The van der Waals surface area contributed by atoms with E-state index in [0.29, 0.717) is 12.6 Å². The molecule has 1 unspecified atom stereocenters. The van der Waals surface area contributed by atoms with Crippen LogP contribution in [0.2, 0.25) is 0 Å². The van der Waals surface area contributed by atoms with Gasteiger partial charge >= 0.3 is 0 Å². The fraction of sp³-hybridized carbons (Fsp3) is 0.917. The van der Waals surface area contributed by atoms with E-state index in [2.05, 4.69) is 10.6 Å². The second-order valence-corrected chi connectivity index (χ2v) is 4.87. The van der Waals surface area contributed by atoms with Gasteiger partial charge in [0.1, 0.15) is 0 Å². The molecule has 1 atom stereocenters. The summed E-state index contributed by atoms with van der Waals surface area (Å²) in [6, 6.07) is 0. The van der Waals surface area contributed by atoms with Gasteiger partial charge in [-0.15, -0.1) is 0 Å². The second kappa shape index (κ2) is 6.21. The van der Waals surface area contributed by atoms with Crippen LogP contribution in [0.1, 0.15) is 32.1 Å². The van der Waals surface area contributed by atoms with E-state index in [9.17, 15) is 4.79 Å². The van der Waals surface area contributed by atoms with Gasteiger partial charge in [-0.2, -0.15) is 0 Å². The minimum absolute atomic E-state index is 0.114. The molecule has 1 aliphatic carbocycles. The molecule has 2 rings (SSSR count). The van der Waals surface area contributed by atoms with Crippen molar-refractivity contribution in [2.75, 3.05) is 26.2 Å². The zero-order chi connectivity index (χ0) is 11.2. The molecule has 1 saturated heterocycles. The first-order valence-electron chi connectivity index (χ1n) is 6.43. The number of carbonyl (C=O) groups is 1. The van der Waals surface area contributed by atoms with Gasteiger partial charge < -0.3 is 15.4 Å². The highest BCUT2D eigenvalue weighted by Gasteiger charge is 2.21. The Morgan fingerprint density at radius 2 is 2.06 bits per heavy atom. The van der Waals surface area contributed by atoms with Crippen LogP contribution in [0.25, 0.3) is 0 Å². The van der Waals surface area contributed by atoms with Gasteiger partial charge in [0.25, 0.3) is 0 Å². The zero-order valence-electron chi connectivity index (χ0n) is 9.84.